The minimum Gasteiger partial charge on any atom is -0.360 e. The second kappa shape index (κ2) is 11.7. The van der Waals surface area contributed by atoms with Crippen LogP contribution in [0.3, 0.4) is 0 Å². The van der Waals surface area contributed by atoms with Gasteiger partial charge in [0, 0.05) is 60.4 Å². The normalized spacial score (nSPS) is 21.3. The lowest BCUT2D eigenvalue weighted by Gasteiger charge is -2.34. The summed E-state index contributed by atoms with van der Waals surface area (Å²) in [5.74, 6) is -0.329. The number of hydrogen-bond acceptors (Lipinski definition) is 5. The highest BCUT2D eigenvalue weighted by Crippen LogP contribution is 2.43. The molecule has 6 rings (SSSR count). The maximum atomic E-state index is 14.5. The van der Waals surface area contributed by atoms with Crippen molar-refractivity contribution < 1.29 is 14.0 Å². The SMILES string of the molecule is CNC(C)C(=O)NC(C(=O)N1CCC2C1=C(c1c[nH]c3cc(F)ccc13)CN2Cc1cccnc1)C1CCCCC1. The number of H-pyrrole nitrogens is 1. The predicted octanol–water partition coefficient (Wildman–Crippen LogP) is 4.20. The number of pyridine rings is 1. The molecule has 1 saturated carbocycles. The van der Waals surface area contributed by atoms with Crippen LogP contribution in [-0.4, -0.2) is 69.8 Å². The summed E-state index contributed by atoms with van der Waals surface area (Å²) < 4.78 is 14.0. The van der Waals surface area contributed by atoms with E-state index in [9.17, 15) is 14.0 Å². The maximum absolute atomic E-state index is 14.5. The number of amides is 2. The van der Waals surface area contributed by atoms with Crippen LogP contribution in [0.5, 0.6) is 0 Å². The van der Waals surface area contributed by atoms with Crippen LogP contribution in [-0.2, 0) is 16.1 Å². The number of aromatic nitrogens is 2. The molecule has 1 aromatic carbocycles. The predicted molar refractivity (Wildman–Crippen MR) is 157 cm³/mol. The lowest BCUT2D eigenvalue weighted by atomic mass is 9.83. The second-order valence-corrected chi connectivity index (χ2v) is 11.7. The Bertz CT molecular complexity index is 1450. The van der Waals surface area contributed by atoms with E-state index >= 15 is 0 Å². The Kier molecular flexibility index (Phi) is 7.90. The van der Waals surface area contributed by atoms with Crippen LogP contribution in [0.15, 0.2) is 54.6 Å². The van der Waals surface area contributed by atoms with E-state index in [1.54, 1.807) is 13.2 Å². The molecule has 3 unspecified atom stereocenters. The zero-order valence-electron chi connectivity index (χ0n) is 23.8. The molecular weight excluding hydrogens is 519 g/mol. The van der Waals surface area contributed by atoms with Crippen LogP contribution in [0.2, 0.25) is 0 Å². The summed E-state index contributed by atoms with van der Waals surface area (Å²) in [5.41, 5.74) is 4.95. The van der Waals surface area contributed by atoms with Crippen LogP contribution in [0.4, 0.5) is 4.39 Å². The van der Waals surface area contributed by atoms with Gasteiger partial charge >= 0.3 is 0 Å². The van der Waals surface area contributed by atoms with Gasteiger partial charge in [0.05, 0.1) is 12.1 Å². The third kappa shape index (κ3) is 5.40. The van der Waals surface area contributed by atoms with Gasteiger partial charge in [0.15, 0.2) is 0 Å². The highest BCUT2D eigenvalue weighted by Gasteiger charge is 2.46. The number of carbonyl (C=O) groups excluding carboxylic acids is 2. The van der Waals surface area contributed by atoms with Crippen molar-refractivity contribution in [2.45, 2.75) is 70.1 Å². The van der Waals surface area contributed by atoms with Gasteiger partial charge in [0.1, 0.15) is 11.9 Å². The Hall–Kier alpha value is -3.56. The van der Waals surface area contributed by atoms with Crippen molar-refractivity contribution in [3.63, 3.8) is 0 Å². The first-order chi connectivity index (χ1) is 19.9. The van der Waals surface area contributed by atoms with Crippen molar-refractivity contribution >= 4 is 28.3 Å². The van der Waals surface area contributed by atoms with E-state index in [1.165, 1.54) is 18.6 Å². The van der Waals surface area contributed by atoms with E-state index in [1.807, 2.05) is 36.4 Å². The molecule has 0 spiro atoms. The number of nitrogens with one attached hydrogen (secondary N) is 3. The Morgan fingerprint density at radius 1 is 1.17 bits per heavy atom. The first-order valence-corrected chi connectivity index (χ1v) is 14.9. The van der Waals surface area contributed by atoms with Crippen molar-refractivity contribution in [3.05, 3.63) is 71.6 Å². The summed E-state index contributed by atoms with van der Waals surface area (Å²) >= 11 is 0. The molecule has 41 heavy (non-hydrogen) atoms. The van der Waals surface area contributed by atoms with Gasteiger partial charge in [-0.25, -0.2) is 4.39 Å². The first-order valence-electron chi connectivity index (χ1n) is 14.9. The van der Waals surface area contributed by atoms with Gasteiger partial charge in [-0.05, 0) is 74.6 Å². The summed E-state index contributed by atoms with van der Waals surface area (Å²) in [4.78, 5) is 39.5. The molecule has 1 saturated heterocycles. The second-order valence-electron chi connectivity index (χ2n) is 11.7. The first kappa shape index (κ1) is 27.6. The number of hydrogen-bond donors (Lipinski definition) is 3. The van der Waals surface area contributed by atoms with Gasteiger partial charge in [0.2, 0.25) is 11.8 Å². The number of likely N-dealkylation sites (tertiary alicyclic amines) is 1. The number of benzene rings is 1. The number of carbonyl (C=O) groups is 2. The smallest absolute Gasteiger partial charge is 0.249 e. The van der Waals surface area contributed by atoms with E-state index < -0.39 is 6.04 Å². The molecule has 9 heteroatoms. The summed E-state index contributed by atoms with van der Waals surface area (Å²) in [6.45, 7) is 3.80. The molecule has 2 fully saturated rings. The lowest BCUT2D eigenvalue weighted by Crippen LogP contribution is -2.55. The fourth-order valence-corrected chi connectivity index (χ4v) is 6.92. The number of rotatable bonds is 8. The Balaban J connectivity index is 1.38. The van der Waals surface area contributed by atoms with E-state index in [0.29, 0.717) is 19.6 Å². The standard InChI is InChI=1S/C32H39FN6O2/c1-20(34-2)31(40)37-29(22-8-4-3-5-9-22)32(41)39-14-12-28-30(39)26(19-38(28)18-21-7-6-13-35-16-21)25-17-36-27-15-23(33)10-11-24(25)27/h6-7,10-11,13,15-17,20,22,28-29,34,36H,3-5,8-9,12,14,18-19H2,1-2H3,(H,37,40). The summed E-state index contributed by atoms with van der Waals surface area (Å²) in [6, 6.07) is 7.96. The molecule has 2 aliphatic heterocycles. The number of likely N-dealkylation sites (N-methyl/N-ethyl adjacent to an activating group) is 1. The molecule has 2 amide bonds. The third-order valence-corrected chi connectivity index (χ3v) is 9.20. The minimum atomic E-state index is -0.560. The molecule has 3 N–H and O–H groups in total. The third-order valence-electron chi connectivity index (χ3n) is 9.20. The molecular formula is C32H39FN6O2. The minimum absolute atomic E-state index is 0.0160. The van der Waals surface area contributed by atoms with Crippen molar-refractivity contribution in [1.29, 1.82) is 0 Å². The van der Waals surface area contributed by atoms with E-state index in [2.05, 4.69) is 31.6 Å². The van der Waals surface area contributed by atoms with Crippen LogP contribution in [0.1, 0.15) is 56.6 Å². The van der Waals surface area contributed by atoms with Crippen LogP contribution >= 0.6 is 0 Å². The lowest BCUT2D eigenvalue weighted by molar-refractivity contribution is -0.136. The van der Waals surface area contributed by atoms with Gasteiger partial charge in [-0.1, -0.05) is 25.3 Å². The summed E-state index contributed by atoms with van der Waals surface area (Å²) in [7, 11) is 1.76. The van der Waals surface area contributed by atoms with Gasteiger partial charge in [-0.15, -0.1) is 0 Å². The zero-order chi connectivity index (χ0) is 28.5. The monoisotopic (exact) mass is 558 g/mol. The highest BCUT2D eigenvalue weighted by atomic mass is 19.1. The van der Waals surface area contributed by atoms with Gasteiger partial charge in [-0.3, -0.25) is 19.5 Å². The largest absolute Gasteiger partial charge is 0.360 e. The zero-order valence-corrected chi connectivity index (χ0v) is 23.8. The Labute approximate surface area is 240 Å². The fraction of sp³-hybridized carbons (Fsp3) is 0.469. The van der Waals surface area contributed by atoms with Crippen LogP contribution in [0, 0.1) is 11.7 Å². The fourth-order valence-electron chi connectivity index (χ4n) is 6.92. The van der Waals surface area contributed by atoms with Gasteiger partial charge in [0.25, 0.3) is 0 Å². The molecule has 3 atom stereocenters. The molecule has 0 bridgehead atoms. The Morgan fingerprint density at radius 2 is 2.00 bits per heavy atom. The average Bonchev–Trinajstić information content (AvgIpc) is 3.71. The number of fused-ring (bicyclic) bond motifs is 2. The van der Waals surface area contributed by atoms with Gasteiger partial charge in [-0.2, -0.15) is 0 Å². The average molecular weight is 559 g/mol. The maximum Gasteiger partial charge on any atom is 0.249 e. The van der Waals surface area contributed by atoms with Gasteiger partial charge < -0.3 is 20.5 Å². The van der Waals surface area contributed by atoms with Crippen molar-refractivity contribution in [2.24, 2.45) is 5.92 Å². The summed E-state index contributed by atoms with van der Waals surface area (Å²) in [6.07, 6.45) is 11.6. The van der Waals surface area contributed by atoms with Crippen LogP contribution in [0.25, 0.3) is 16.5 Å². The van der Waals surface area contributed by atoms with E-state index in [4.69, 9.17) is 0 Å². The molecule has 3 aromatic rings. The molecule has 8 nitrogen and oxygen atoms in total. The molecule has 0 radical (unpaired) electrons. The number of halogens is 1. The van der Waals surface area contributed by atoms with Crippen molar-refractivity contribution in [1.82, 2.24) is 30.4 Å². The quantitative estimate of drug-likeness (QED) is 0.385. The molecule has 1 aliphatic carbocycles. The van der Waals surface area contributed by atoms with E-state index in [0.717, 1.165) is 65.4 Å². The topological polar surface area (TPSA) is 93.4 Å². The molecule has 3 aliphatic rings. The molecule has 216 valence electrons. The van der Waals surface area contributed by atoms with Crippen LogP contribution < -0.4 is 10.6 Å². The number of aromatic amines is 1. The summed E-state index contributed by atoms with van der Waals surface area (Å²) in [5, 5.41) is 7.09. The molecule has 4 heterocycles. The van der Waals surface area contributed by atoms with Crippen molar-refractivity contribution in [2.75, 3.05) is 20.1 Å². The van der Waals surface area contributed by atoms with E-state index in [-0.39, 0.29) is 35.6 Å². The molecule has 2 aromatic heterocycles. The highest BCUT2D eigenvalue weighted by molar-refractivity contribution is 5.97. The Morgan fingerprint density at radius 3 is 2.76 bits per heavy atom. The number of nitrogens with zero attached hydrogens (tertiary/aromatic N) is 3. The van der Waals surface area contributed by atoms with Crippen molar-refractivity contribution in [3.8, 4) is 0 Å².